The van der Waals surface area contributed by atoms with Crippen LogP contribution in [-0.4, -0.2) is 67.7 Å². The molecule has 2 aromatic rings. The van der Waals surface area contributed by atoms with Crippen molar-refractivity contribution in [1.82, 2.24) is 24.6 Å². The lowest BCUT2D eigenvalue weighted by Gasteiger charge is -2.31. The molecule has 2 amide bonds. The second-order valence-electron chi connectivity index (χ2n) is 9.23. The summed E-state index contributed by atoms with van der Waals surface area (Å²) in [5.74, 6) is -2.44. The van der Waals surface area contributed by atoms with E-state index in [0.29, 0.717) is 30.9 Å². The largest absolute Gasteiger partial charge is 0.444 e. The first-order chi connectivity index (χ1) is 15.0. The van der Waals surface area contributed by atoms with Crippen LogP contribution in [0.1, 0.15) is 55.2 Å². The van der Waals surface area contributed by atoms with Gasteiger partial charge in [-0.15, -0.1) is 0 Å². The third-order valence-corrected chi connectivity index (χ3v) is 5.58. The average molecular weight is 447 g/mol. The number of carbonyl (C=O) groups is 2. The number of ether oxygens (including phenoxy) is 1. The van der Waals surface area contributed by atoms with Gasteiger partial charge in [0.15, 0.2) is 5.82 Å². The maximum atomic E-state index is 13.3. The van der Waals surface area contributed by atoms with Gasteiger partial charge in [-0.05, 0) is 32.9 Å². The Balaban J connectivity index is 1.44. The van der Waals surface area contributed by atoms with E-state index in [4.69, 9.17) is 4.74 Å². The molecular weight excluding hydrogens is 420 g/mol. The van der Waals surface area contributed by atoms with Gasteiger partial charge in [-0.1, -0.05) is 0 Å². The van der Waals surface area contributed by atoms with Gasteiger partial charge in [-0.25, -0.2) is 23.2 Å². The number of fused-ring (bicyclic) bond motifs is 1. The predicted molar refractivity (Wildman–Crippen MR) is 112 cm³/mol. The molecule has 32 heavy (non-hydrogen) atoms. The highest BCUT2D eigenvalue weighted by molar-refractivity contribution is 5.94. The van der Waals surface area contributed by atoms with Crippen molar-refractivity contribution >= 4 is 12.0 Å². The molecule has 0 unspecified atom stereocenters. The van der Waals surface area contributed by atoms with Crippen LogP contribution in [0.4, 0.5) is 13.6 Å². The van der Waals surface area contributed by atoms with Crippen LogP contribution >= 0.6 is 0 Å². The maximum Gasteiger partial charge on any atom is 0.410 e. The minimum atomic E-state index is -2.70. The highest BCUT2D eigenvalue weighted by Gasteiger charge is 2.36. The number of halogens is 2. The Morgan fingerprint density at radius 1 is 1.06 bits per heavy atom. The van der Waals surface area contributed by atoms with E-state index < -0.39 is 11.5 Å². The monoisotopic (exact) mass is 447 g/mol. The number of pyridine rings is 1. The number of nitrogens with zero attached hydrogens (tertiary/aromatic N) is 5. The zero-order valence-electron chi connectivity index (χ0n) is 18.5. The van der Waals surface area contributed by atoms with Crippen LogP contribution in [-0.2, 0) is 17.7 Å². The number of aromatic nitrogens is 3. The Labute approximate surface area is 185 Å². The molecule has 0 saturated carbocycles. The predicted octanol–water partition coefficient (Wildman–Crippen LogP) is 3.43. The highest BCUT2D eigenvalue weighted by atomic mass is 19.3. The lowest BCUT2D eigenvalue weighted by atomic mass is 10.1. The number of rotatable bonds is 2. The number of piperidine rings is 1. The van der Waals surface area contributed by atoms with Crippen molar-refractivity contribution in [2.24, 2.45) is 0 Å². The van der Waals surface area contributed by atoms with E-state index in [1.165, 1.54) is 11.1 Å². The van der Waals surface area contributed by atoms with Crippen LogP contribution in [0.3, 0.4) is 0 Å². The van der Waals surface area contributed by atoms with Crippen LogP contribution in [0.2, 0.25) is 0 Å². The van der Waals surface area contributed by atoms with E-state index in [2.05, 4.69) is 10.1 Å². The van der Waals surface area contributed by atoms with Crippen LogP contribution in [0.5, 0.6) is 0 Å². The summed E-state index contributed by atoms with van der Waals surface area (Å²) >= 11 is 0. The normalized spacial score (nSPS) is 18.3. The van der Waals surface area contributed by atoms with E-state index in [1.54, 1.807) is 27.9 Å². The number of alkyl halides is 2. The molecule has 0 spiro atoms. The van der Waals surface area contributed by atoms with E-state index >= 15 is 0 Å². The fraction of sp³-hybridized carbons (Fsp3) is 0.545. The van der Waals surface area contributed by atoms with Crippen LogP contribution in [0.25, 0.3) is 5.82 Å². The topological polar surface area (TPSA) is 80.6 Å². The molecule has 2 aliphatic heterocycles. The average Bonchev–Trinajstić information content (AvgIpc) is 3.15. The number of hydrogen-bond donors (Lipinski definition) is 0. The second kappa shape index (κ2) is 8.14. The van der Waals surface area contributed by atoms with Crippen LogP contribution < -0.4 is 0 Å². The lowest BCUT2D eigenvalue weighted by Crippen LogP contribution is -2.42. The van der Waals surface area contributed by atoms with Crippen molar-refractivity contribution in [1.29, 1.82) is 0 Å². The first kappa shape index (κ1) is 22.2. The summed E-state index contributed by atoms with van der Waals surface area (Å²) in [7, 11) is 0. The number of amides is 2. The molecule has 8 nitrogen and oxygen atoms in total. The second-order valence-corrected chi connectivity index (χ2v) is 9.23. The molecule has 0 N–H and O–H groups in total. The van der Waals surface area contributed by atoms with Crippen molar-refractivity contribution in [3.05, 3.63) is 41.3 Å². The molecule has 1 fully saturated rings. The summed E-state index contributed by atoms with van der Waals surface area (Å²) in [4.78, 5) is 32.4. The Morgan fingerprint density at radius 2 is 1.78 bits per heavy atom. The molecule has 0 aliphatic carbocycles. The summed E-state index contributed by atoms with van der Waals surface area (Å²) in [6.07, 6.45) is 2.77. The number of carbonyl (C=O) groups excluding carboxylic acids is 2. The molecule has 4 heterocycles. The van der Waals surface area contributed by atoms with E-state index in [1.807, 2.05) is 20.8 Å². The van der Waals surface area contributed by atoms with Crippen molar-refractivity contribution in [3.63, 3.8) is 0 Å². The molecule has 4 rings (SSSR count). The smallest absolute Gasteiger partial charge is 0.410 e. The molecular formula is C22H27F2N5O3. The SMILES string of the molecule is CC(C)(C)OC(=O)N1CCc2c(cnn2-c2ccc(C(=O)N3CCC(F)(F)CC3)cn2)C1. The summed E-state index contributed by atoms with van der Waals surface area (Å²) in [5, 5.41) is 4.41. The van der Waals surface area contributed by atoms with Gasteiger partial charge >= 0.3 is 6.09 Å². The molecule has 172 valence electrons. The summed E-state index contributed by atoms with van der Waals surface area (Å²) in [6, 6.07) is 3.33. The third-order valence-electron chi connectivity index (χ3n) is 5.58. The lowest BCUT2D eigenvalue weighted by molar-refractivity contribution is -0.0494. The Bertz CT molecular complexity index is 1000. The maximum absolute atomic E-state index is 13.3. The first-order valence-corrected chi connectivity index (χ1v) is 10.7. The molecule has 1 saturated heterocycles. The van der Waals surface area contributed by atoms with Gasteiger partial charge in [0.1, 0.15) is 5.60 Å². The number of hydrogen-bond acceptors (Lipinski definition) is 5. The molecule has 0 atom stereocenters. The molecule has 2 aromatic heterocycles. The van der Waals surface area contributed by atoms with Gasteiger partial charge in [-0.2, -0.15) is 5.10 Å². The Kier molecular flexibility index (Phi) is 5.64. The summed E-state index contributed by atoms with van der Waals surface area (Å²) < 4.78 is 33.8. The van der Waals surface area contributed by atoms with Crippen molar-refractivity contribution in [2.75, 3.05) is 19.6 Å². The zero-order valence-corrected chi connectivity index (χ0v) is 18.5. The van der Waals surface area contributed by atoms with Gasteiger partial charge < -0.3 is 14.5 Å². The summed E-state index contributed by atoms with van der Waals surface area (Å²) in [5.41, 5.74) is 1.67. The van der Waals surface area contributed by atoms with E-state index in [-0.39, 0.29) is 37.9 Å². The van der Waals surface area contributed by atoms with Gasteiger partial charge in [0.25, 0.3) is 11.8 Å². The van der Waals surface area contributed by atoms with Crippen molar-refractivity contribution in [2.45, 2.75) is 58.1 Å². The Hall–Kier alpha value is -3.04. The Morgan fingerprint density at radius 3 is 2.41 bits per heavy atom. The quantitative estimate of drug-likeness (QED) is 0.705. The molecule has 10 heteroatoms. The van der Waals surface area contributed by atoms with Gasteiger partial charge in [0, 0.05) is 50.7 Å². The molecule has 0 bridgehead atoms. The zero-order chi connectivity index (χ0) is 23.1. The first-order valence-electron chi connectivity index (χ1n) is 10.7. The van der Waals surface area contributed by atoms with Gasteiger partial charge in [-0.3, -0.25) is 4.79 Å². The fourth-order valence-corrected chi connectivity index (χ4v) is 3.87. The van der Waals surface area contributed by atoms with Crippen molar-refractivity contribution in [3.8, 4) is 5.82 Å². The number of likely N-dealkylation sites (tertiary alicyclic amines) is 1. The minimum absolute atomic E-state index is 0.0361. The van der Waals surface area contributed by atoms with Gasteiger partial charge in [0.2, 0.25) is 0 Å². The minimum Gasteiger partial charge on any atom is -0.444 e. The van der Waals surface area contributed by atoms with Gasteiger partial charge in [0.05, 0.1) is 24.0 Å². The van der Waals surface area contributed by atoms with E-state index in [0.717, 1.165) is 11.3 Å². The standard InChI is InChI=1S/C22H27F2N5O3/c1-21(2,3)32-20(31)28-9-6-17-16(14-28)13-26-29(17)18-5-4-15(12-25-18)19(30)27-10-7-22(23,24)8-11-27/h4-5,12-13H,6-11,14H2,1-3H3. The molecule has 0 radical (unpaired) electrons. The van der Waals surface area contributed by atoms with E-state index in [9.17, 15) is 18.4 Å². The molecule has 2 aliphatic rings. The fourth-order valence-electron chi connectivity index (χ4n) is 3.87. The summed E-state index contributed by atoms with van der Waals surface area (Å²) in [6.45, 7) is 6.48. The van der Waals surface area contributed by atoms with Crippen LogP contribution in [0.15, 0.2) is 24.5 Å². The third kappa shape index (κ3) is 4.73. The van der Waals surface area contributed by atoms with Crippen molar-refractivity contribution < 1.29 is 23.1 Å². The molecule has 0 aromatic carbocycles. The highest BCUT2D eigenvalue weighted by Crippen LogP contribution is 2.28. The van der Waals surface area contributed by atoms with Crippen LogP contribution in [0, 0.1) is 0 Å².